The van der Waals surface area contributed by atoms with Crippen molar-refractivity contribution in [3.8, 4) is 11.8 Å². The number of hydrogen-bond acceptors (Lipinski definition) is 5. The van der Waals surface area contributed by atoms with Crippen LogP contribution in [0.1, 0.15) is 37.8 Å². The highest BCUT2D eigenvalue weighted by Crippen LogP contribution is 2.30. The molecular formula is C24H27F2N3O3. The fourth-order valence-electron chi connectivity index (χ4n) is 2.64. The van der Waals surface area contributed by atoms with E-state index in [0.717, 1.165) is 5.92 Å². The van der Waals surface area contributed by atoms with E-state index in [1.165, 1.54) is 31.0 Å². The first-order valence-electron chi connectivity index (χ1n) is 10.3. The number of halogens is 2. The molecule has 0 aromatic heterocycles. The van der Waals surface area contributed by atoms with E-state index in [0.29, 0.717) is 28.1 Å². The van der Waals surface area contributed by atoms with Gasteiger partial charge in [0.15, 0.2) is 0 Å². The van der Waals surface area contributed by atoms with Crippen LogP contribution in [0.15, 0.2) is 42.5 Å². The number of anilines is 2. The second-order valence-corrected chi connectivity index (χ2v) is 7.16. The fourth-order valence-corrected chi connectivity index (χ4v) is 2.64. The SMILES string of the molecule is CC1CC1.CCOC(=O)Nc1cccc(/C=C(\C#N)c2ccc(OC(F)F)cc2NC)c1. The highest BCUT2D eigenvalue weighted by atomic mass is 19.3. The van der Waals surface area contributed by atoms with Crippen LogP contribution >= 0.6 is 0 Å². The highest BCUT2D eigenvalue weighted by molar-refractivity contribution is 5.95. The van der Waals surface area contributed by atoms with Gasteiger partial charge in [-0.25, -0.2) is 4.79 Å². The smallest absolute Gasteiger partial charge is 0.411 e. The van der Waals surface area contributed by atoms with Crippen LogP contribution < -0.4 is 15.4 Å². The van der Waals surface area contributed by atoms with E-state index in [-0.39, 0.29) is 12.4 Å². The molecule has 1 amide bonds. The number of nitriles is 1. The number of benzene rings is 2. The first-order chi connectivity index (χ1) is 15.4. The van der Waals surface area contributed by atoms with Gasteiger partial charge in [0.05, 0.1) is 18.2 Å². The molecule has 2 aromatic rings. The molecule has 0 bridgehead atoms. The standard InChI is InChI=1S/C20H19F2N3O3.C4H8/c1-3-27-20(26)25-15-6-4-5-13(10-15)9-14(12-23)17-8-7-16(28-19(21)22)11-18(17)24-2;1-4-2-3-4/h4-11,19,24H,3H2,1-2H3,(H,25,26);4H,2-3H2,1H3/b14-9+;. The lowest BCUT2D eigenvalue weighted by Gasteiger charge is -2.12. The topological polar surface area (TPSA) is 83.4 Å². The predicted octanol–water partition coefficient (Wildman–Crippen LogP) is 6.38. The molecule has 6 nitrogen and oxygen atoms in total. The Morgan fingerprint density at radius 2 is 2.00 bits per heavy atom. The molecular weight excluding hydrogens is 416 g/mol. The maximum absolute atomic E-state index is 12.4. The quantitative estimate of drug-likeness (QED) is 0.383. The minimum Gasteiger partial charge on any atom is -0.450 e. The molecule has 2 N–H and O–H groups in total. The van der Waals surface area contributed by atoms with Gasteiger partial charge in [-0.3, -0.25) is 5.32 Å². The summed E-state index contributed by atoms with van der Waals surface area (Å²) in [6, 6.07) is 13.3. The van der Waals surface area contributed by atoms with Crippen molar-refractivity contribution in [1.29, 1.82) is 5.26 Å². The van der Waals surface area contributed by atoms with Gasteiger partial charge in [-0.15, -0.1) is 0 Å². The lowest BCUT2D eigenvalue weighted by Crippen LogP contribution is -2.13. The fraction of sp³-hybridized carbons (Fsp3) is 0.333. The van der Waals surface area contributed by atoms with Crippen LogP contribution in [-0.4, -0.2) is 26.4 Å². The van der Waals surface area contributed by atoms with Crippen molar-refractivity contribution in [3.05, 3.63) is 53.6 Å². The average Bonchev–Trinajstić information content (AvgIpc) is 3.54. The molecule has 0 spiro atoms. The molecule has 0 saturated heterocycles. The van der Waals surface area contributed by atoms with Gasteiger partial charge >= 0.3 is 12.7 Å². The third-order valence-electron chi connectivity index (χ3n) is 4.48. The first kappa shape index (κ1) is 24.7. The molecule has 1 aliphatic rings. The Morgan fingerprint density at radius 3 is 2.56 bits per heavy atom. The molecule has 0 heterocycles. The summed E-state index contributed by atoms with van der Waals surface area (Å²) in [7, 11) is 1.61. The van der Waals surface area contributed by atoms with Crippen molar-refractivity contribution in [2.75, 3.05) is 24.3 Å². The van der Waals surface area contributed by atoms with Gasteiger partial charge in [-0.1, -0.05) is 31.9 Å². The maximum Gasteiger partial charge on any atom is 0.411 e. The number of amides is 1. The summed E-state index contributed by atoms with van der Waals surface area (Å²) in [5.74, 6) is 1.07. The van der Waals surface area contributed by atoms with Crippen molar-refractivity contribution < 1.29 is 23.0 Å². The zero-order valence-corrected chi connectivity index (χ0v) is 18.3. The Bertz CT molecular complexity index is 983. The predicted molar refractivity (Wildman–Crippen MR) is 122 cm³/mol. The molecule has 1 fully saturated rings. The molecule has 2 aromatic carbocycles. The van der Waals surface area contributed by atoms with Crippen LogP contribution in [0.4, 0.5) is 25.0 Å². The van der Waals surface area contributed by atoms with E-state index in [2.05, 4.69) is 28.4 Å². The van der Waals surface area contributed by atoms with Gasteiger partial charge in [0.2, 0.25) is 0 Å². The van der Waals surface area contributed by atoms with Crippen molar-refractivity contribution in [3.63, 3.8) is 0 Å². The number of hydrogen-bond donors (Lipinski definition) is 2. The molecule has 0 atom stereocenters. The summed E-state index contributed by atoms with van der Waals surface area (Å²) >= 11 is 0. The minimum absolute atomic E-state index is 0.0129. The highest BCUT2D eigenvalue weighted by Gasteiger charge is 2.13. The van der Waals surface area contributed by atoms with Crippen molar-refractivity contribution in [2.45, 2.75) is 33.3 Å². The number of carbonyl (C=O) groups is 1. The van der Waals surface area contributed by atoms with Gasteiger partial charge in [0.1, 0.15) is 5.75 Å². The van der Waals surface area contributed by atoms with Gasteiger partial charge in [0.25, 0.3) is 0 Å². The Hall–Kier alpha value is -3.60. The Labute approximate surface area is 186 Å². The maximum atomic E-state index is 12.4. The lowest BCUT2D eigenvalue weighted by atomic mass is 10.0. The molecule has 1 saturated carbocycles. The Kier molecular flexibility index (Phi) is 9.48. The summed E-state index contributed by atoms with van der Waals surface area (Å²) in [4.78, 5) is 11.5. The van der Waals surface area contributed by atoms with Gasteiger partial charge in [-0.05, 0) is 48.7 Å². The number of rotatable bonds is 7. The molecule has 0 aliphatic heterocycles. The zero-order chi connectivity index (χ0) is 23.5. The Balaban J connectivity index is 0.000000813. The van der Waals surface area contributed by atoms with Gasteiger partial charge in [-0.2, -0.15) is 14.0 Å². The molecule has 1 aliphatic carbocycles. The molecule has 3 rings (SSSR count). The molecule has 0 radical (unpaired) electrons. The normalized spacial score (nSPS) is 12.8. The number of carbonyl (C=O) groups excluding carboxylic acids is 1. The summed E-state index contributed by atoms with van der Waals surface area (Å²) in [6.45, 7) is 1.30. The minimum atomic E-state index is -2.93. The van der Waals surface area contributed by atoms with Crippen LogP contribution in [0.3, 0.4) is 0 Å². The van der Waals surface area contributed by atoms with E-state index in [1.54, 1.807) is 44.3 Å². The number of ether oxygens (including phenoxy) is 2. The third kappa shape index (κ3) is 8.26. The second kappa shape index (κ2) is 12.3. The zero-order valence-electron chi connectivity index (χ0n) is 18.3. The Morgan fingerprint density at radius 1 is 1.28 bits per heavy atom. The van der Waals surface area contributed by atoms with E-state index in [4.69, 9.17) is 4.74 Å². The van der Waals surface area contributed by atoms with Gasteiger partial charge in [0, 0.05) is 30.1 Å². The van der Waals surface area contributed by atoms with E-state index >= 15 is 0 Å². The summed E-state index contributed by atoms with van der Waals surface area (Å²) in [5, 5.41) is 15.0. The van der Waals surface area contributed by atoms with Crippen molar-refractivity contribution in [1.82, 2.24) is 0 Å². The number of allylic oxidation sites excluding steroid dienone is 1. The molecule has 170 valence electrons. The van der Waals surface area contributed by atoms with Crippen molar-refractivity contribution >= 4 is 29.1 Å². The van der Waals surface area contributed by atoms with E-state index < -0.39 is 12.7 Å². The van der Waals surface area contributed by atoms with Gasteiger partial charge < -0.3 is 14.8 Å². The number of alkyl halides is 2. The number of nitrogens with zero attached hydrogens (tertiary/aromatic N) is 1. The lowest BCUT2D eigenvalue weighted by molar-refractivity contribution is -0.0498. The third-order valence-corrected chi connectivity index (χ3v) is 4.48. The summed E-state index contributed by atoms with van der Waals surface area (Å²) < 4.78 is 34.0. The van der Waals surface area contributed by atoms with Crippen LogP contribution in [0.2, 0.25) is 0 Å². The van der Waals surface area contributed by atoms with Crippen LogP contribution in [-0.2, 0) is 4.74 Å². The summed E-state index contributed by atoms with van der Waals surface area (Å²) in [6.07, 6.45) is 4.02. The van der Waals surface area contributed by atoms with Crippen LogP contribution in [0.5, 0.6) is 5.75 Å². The van der Waals surface area contributed by atoms with Crippen LogP contribution in [0, 0.1) is 17.2 Å². The van der Waals surface area contributed by atoms with Crippen molar-refractivity contribution in [2.24, 2.45) is 5.92 Å². The van der Waals surface area contributed by atoms with Crippen LogP contribution in [0.25, 0.3) is 11.6 Å². The van der Waals surface area contributed by atoms with E-state index in [1.807, 2.05) is 0 Å². The largest absolute Gasteiger partial charge is 0.450 e. The molecule has 0 unspecified atom stereocenters. The van der Waals surface area contributed by atoms with E-state index in [9.17, 15) is 18.8 Å². The monoisotopic (exact) mass is 443 g/mol. The molecule has 8 heteroatoms. The molecule has 32 heavy (non-hydrogen) atoms. The number of nitrogens with one attached hydrogen (secondary N) is 2. The average molecular weight is 443 g/mol. The summed E-state index contributed by atoms with van der Waals surface area (Å²) in [5.41, 5.74) is 2.48. The first-order valence-corrected chi connectivity index (χ1v) is 10.3. The second-order valence-electron chi connectivity index (χ2n) is 7.16.